The second kappa shape index (κ2) is 9.62. The van der Waals surface area contributed by atoms with Crippen molar-refractivity contribution in [3.05, 3.63) is 53.0 Å². The van der Waals surface area contributed by atoms with Gasteiger partial charge in [0.2, 0.25) is 5.28 Å². The molecule has 4 aromatic rings. The smallest absolute Gasteiger partial charge is 0.226 e. The van der Waals surface area contributed by atoms with Crippen LogP contribution in [0.1, 0.15) is 20.1 Å². The SMILES string of the molecule is CN(C)/C=N/c1nc(Cl)nc2c1ccn2[C@@H]1O[C@H](COc2ccc3cc(Cl)cnc3c2)[C@H]2OC(C)(C)O[C@H]21. The fraction of sp³-hybridized carbons (Fsp3) is 0.385. The third-order valence-electron chi connectivity index (χ3n) is 6.37. The molecule has 1 aromatic carbocycles. The number of hydrogen-bond acceptors (Lipinski definition) is 8. The van der Waals surface area contributed by atoms with Crippen LogP contribution >= 0.6 is 23.2 Å². The quantitative estimate of drug-likeness (QED) is 0.186. The molecule has 198 valence electrons. The van der Waals surface area contributed by atoms with Gasteiger partial charge >= 0.3 is 0 Å². The molecule has 0 saturated carbocycles. The molecule has 2 fully saturated rings. The van der Waals surface area contributed by atoms with Gasteiger partial charge in [-0.1, -0.05) is 11.6 Å². The zero-order valence-electron chi connectivity index (χ0n) is 21.2. The average molecular weight is 557 g/mol. The number of ether oxygens (including phenoxy) is 4. The van der Waals surface area contributed by atoms with Crippen LogP contribution < -0.4 is 4.74 Å². The number of benzene rings is 1. The van der Waals surface area contributed by atoms with Crippen molar-refractivity contribution < 1.29 is 18.9 Å². The van der Waals surface area contributed by atoms with Crippen LogP contribution in [-0.4, -0.2) is 75.6 Å². The Labute approximate surface area is 229 Å². The molecular formula is C26H26Cl2N6O4. The first-order valence-electron chi connectivity index (χ1n) is 12.1. The van der Waals surface area contributed by atoms with E-state index in [-0.39, 0.29) is 18.0 Å². The molecule has 0 unspecified atom stereocenters. The van der Waals surface area contributed by atoms with Gasteiger partial charge in [0.05, 0.1) is 22.3 Å². The van der Waals surface area contributed by atoms with Gasteiger partial charge in [-0.2, -0.15) is 9.97 Å². The van der Waals surface area contributed by atoms with Crippen LogP contribution in [0.4, 0.5) is 5.82 Å². The lowest BCUT2D eigenvalue weighted by Crippen LogP contribution is -2.33. The number of rotatable bonds is 6. The Hall–Kier alpha value is -3.02. The summed E-state index contributed by atoms with van der Waals surface area (Å²) in [6.07, 6.45) is 3.49. The minimum Gasteiger partial charge on any atom is -0.491 e. The lowest BCUT2D eigenvalue weighted by atomic mass is 10.1. The lowest BCUT2D eigenvalue weighted by molar-refractivity contribution is -0.198. The molecule has 0 N–H and O–H groups in total. The van der Waals surface area contributed by atoms with E-state index in [0.717, 1.165) is 16.3 Å². The summed E-state index contributed by atoms with van der Waals surface area (Å²) >= 11 is 12.3. The van der Waals surface area contributed by atoms with Gasteiger partial charge in [-0.15, -0.1) is 0 Å². The minimum atomic E-state index is -0.779. The van der Waals surface area contributed by atoms with Gasteiger partial charge in [-0.05, 0) is 49.7 Å². The summed E-state index contributed by atoms with van der Waals surface area (Å²) < 4.78 is 27.1. The van der Waals surface area contributed by atoms with Crippen LogP contribution in [0.15, 0.2) is 47.7 Å². The highest BCUT2D eigenvalue weighted by Crippen LogP contribution is 2.44. The lowest BCUT2D eigenvalue weighted by Gasteiger charge is -2.25. The van der Waals surface area contributed by atoms with Crippen molar-refractivity contribution in [1.29, 1.82) is 0 Å². The molecule has 0 amide bonds. The Morgan fingerprint density at radius 1 is 1.13 bits per heavy atom. The van der Waals surface area contributed by atoms with E-state index in [2.05, 4.69) is 19.9 Å². The monoisotopic (exact) mass is 556 g/mol. The predicted octanol–water partition coefficient (Wildman–Crippen LogP) is 5.00. The summed E-state index contributed by atoms with van der Waals surface area (Å²) in [4.78, 5) is 19.4. The topological polar surface area (TPSA) is 96.1 Å². The van der Waals surface area contributed by atoms with Gasteiger partial charge in [0.1, 0.15) is 36.3 Å². The first-order chi connectivity index (χ1) is 18.2. The van der Waals surface area contributed by atoms with Gasteiger partial charge < -0.3 is 28.4 Å². The first kappa shape index (κ1) is 25.3. The molecule has 0 aliphatic carbocycles. The molecule has 38 heavy (non-hydrogen) atoms. The van der Waals surface area contributed by atoms with Crippen molar-refractivity contribution in [2.75, 3.05) is 20.7 Å². The van der Waals surface area contributed by atoms with Crippen molar-refractivity contribution in [3.8, 4) is 5.75 Å². The molecule has 0 radical (unpaired) electrons. The number of fused-ring (bicyclic) bond motifs is 3. The van der Waals surface area contributed by atoms with E-state index >= 15 is 0 Å². The molecule has 2 saturated heterocycles. The zero-order valence-corrected chi connectivity index (χ0v) is 22.7. The molecular weight excluding hydrogens is 531 g/mol. The van der Waals surface area contributed by atoms with E-state index in [0.29, 0.717) is 22.2 Å². The number of hydrogen-bond donors (Lipinski definition) is 0. The summed E-state index contributed by atoms with van der Waals surface area (Å²) in [6, 6.07) is 9.44. The highest BCUT2D eigenvalue weighted by molar-refractivity contribution is 6.31. The minimum absolute atomic E-state index is 0.0907. The van der Waals surface area contributed by atoms with Crippen molar-refractivity contribution in [3.63, 3.8) is 0 Å². The Kier molecular flexibility index (Phi) is 6.40. The maximum Gasteiger partial charge on any atom is 0.226 e. The number of nitrogens with zero attached hydrogens (tertiary/aromatic N) is 6. The van der Waals surface area contributed by atoms with Gasteiger partial charge in [-0.3, -0.25) is 4.98 Å². The molecule has 2 aliphatic rings. The number of aromatic nitrogens is 4. The third kappa shape index (κ3) is 4.78. The van der Waals surface area contributed by atoms with Crippen molar-refractivity contribution >= 4 is 57.3 Å². The average Bonchev–Trinajstić information content (AvgIpc) is 3.51. The Balaban J connectivity index is 1.28. The summed E-state index contributed by atoms with van der Waals surface area (Å²) in [7, 11) is 3.76. The fourth-order valence-corrected chi connectivity index (χ4v) is 5.15. The predicted molar refractivity (Wildman–Crippen MR) is 144 cm³/mol. The molecule has 3 aromatic heterocycles. The van der Waals surface area contributed by atoms with Crippen molar-refractivity contribution in [1.82, 2.24) is 24.4 Å². The van der Waals surface area contributed by atoms with Gasteiger partial charge in [0.15, 0.2) is 17.8 Å². The van der Waals surface area contributed by atoms with Gasteiger partial charge in [0, 0.05) is 37.9 Å². The summed E-state index contributed by atoms with van der Waals surface area (Å²) in [5.41, 5.74) is 1.38. The Morgan fingerprint density at radius 3 is 2.76 bits per heavy atom. The van der Waals surface area contributed by atoms with Crippen LogP contribution in [0, 0.1) is 0 Å². The molecule has 0 spiro atoms. The summed E-state index contributed by atoms with van der Waals surface area (Å²) in [5.74, 6) is 0.360. The maximum atomic E-state index is 6.48. The summed E-state index contributed by atoms with van der Waals surface area (Å²) in [5, 5.41) is 2.36. The highest BCUT2D eigenvalue weighted by atomic mass is 35.5. The standard InChI is InChI=1S/C26H26Cl2N6O4/c1-26(2)37-20-19(12-35-16-6-5-14-9-15(27)11-29-18(14)10-16)36-24(21(20)38-26)34-8-7-17-22(30-13-33(3)4)31-25(28)32-23(17)34/h5-11,13,19-21,24H,12H2,1-4H3/b30-13+/t19-,20-,21-,24-/m1/s1. The second-order valence-electron chi connectivity index (χ2n) is 9.93. The zero-order chi connectivity index (χ0) is 26.6. The number of aliphatic imine (C=N–C) groups is 1. The molecule has 4 atom stereocenters. The van der Waals surface area contributed by atoms with Crippen LogP contribution in [0.25, 0.3) is 21.9 Å². The normalized spacial score (nSPS) is 24.5. The third-order valence-corrected chi connectivity index (χ3v) is 6.75. The van der Waals surface area contributed by atoms with Crippen LogP contribution in [0.2, 0.25) is 10.3 Å². The first-order valence-corrected chi connectivity index (χ1v) is 12.9. The Morgan fingerprint density at radius 2 is 1.95 bits per heavy atom. The van der Waals surface area contributed by atoms with E-state index in [1.807, 2.05) is 73.9 Å². The number of halogens is 2. The van der Waals surface area contributed by atoms with Crippen molar-refractivity contribution in [2.24, 2.45) is 4.99 Å². The second-order valence-corrected chi connectivity index (χ2v) is 10.7. The highest BCUT2D eigenvalue weighted by Gasteiger charge is 2.56. The molecule has 5 heterocycles. The van der Waals surface area contributed by atoms with E-state index in [9.17, 15) is 0 Å². The van der Waals surface area contributed by atoms with Crippen LogP contribution in [0.5, 0.6) is 5.75 Å². The van der Waals surface area contributed by atoms with E-state index in [1.54, 1.807) is 12.5 Å². The van der Waals surface area contributed by atoms with Gasteiger partial charge in [-0.25, -0.2) is 4.99 Å². The van der Waals surface area contributed by atoms with Crippen molar-refractivity contribution in [2.45, 2.75) is 44.2 Å². The van der Waals surface area contributed by atoms with Crippen LogP contribution in [-0.2, 0) is 14.2 Å². The van der Waals surface area contributed by atoms with E-state index in [4.69, 9.17) is 42.1 Å². The van der Waals surface area contributed by atoms with E-state index < -0.39 is 24.2 Å². The van der Waals surface area contributed by atoms with E-state index in [1.165, 1.54) is 0 Å². The largest absolute Gasteiger partial charge is 0.491 e. The summed E-state index contributed by atoms with van der Waals surface area (Å²) in [6.45, 7) is 4.03. The van der Waals surface area contributed by atoms with Crippen LogP contribution in [0.3, 0.4) is 0 Å². The Bertz CT molecular complexity index is 1540. The molecule has 2 aliphatic heterocycles. The molecule has 0 bridgehead atoms. The molecule has 6 rings (SSSR count). The maximum absolute atomic E-state index is 6.48. The fourth-order valence-electron chi connectivity index (χ4n) is 4.83. The molecule has 10 nitrogen and oxygen atoms in total. The number of pyridine rings is 1. The molecule has 12 heteroatoms. The van der Waals surface area contributed by atoms with Gasteiger partial charge in [0.25, 0.3) is 0 Å².